The average molecular weight is 252 g/mol. The fourth-order valence-corrected chi connectivity index (χ4v) is 1.39. The number of nitrogen functional groups attached to an aromatic ring is 1. The van der Waals surface area contributed by atoms with Crippen LogP contribution in [0, 0.1) is 0 Å². The molecule has 0 saturated heterocycles. The van der Waals surface area contributed by atoms with E-state index in [9.17, 15) is 4.79 Å². The van der Waals surface area contributed by atoms with Crippen molar-refractivity contribution in [1.82, 2.24) is 10.2 Å². The number of aromatic nitrogens is 2. The molecule has 0 aliphatic rings. The molecule has 3 N–H and O–H groups in total. The number of esters is 1. The molecule has 0 amide bonds. The van der Waals surface area contributed by atoms with Gasteiger partial charge in [-0.3, -0.25) is 5.10 Å². The number of halogens is 1. The van der Waals surface area contributed by atoms with E-state index in [-0.39, 0.29) is 18.0 Å². The molecule has 1 heterocycles. The summed E-state index contributed by atoms with van der Waals surface area (Å²) in [5, 5.41) is 6.76. The number of H-pyrrole nitrogens is 1. The molecule has 2 aromatic rings. The van der Waals surface area contributed by atoms with Gasteiger partial charge < -0.3 is 10.5 Å². The number of hydrogen-bond donors (Lipinski definition) is 2. The zero-order valence-corrected chi connectivity index (χ0v) is 9.57. The Kier molecular flexibility index (Phi) is 3.30. The van der Waals surface area contributed by atoms with Crippen molar-refractivity contribution in [2.75, 3.05) is 5.73 Å². The number of carbonyl (C=O) groups is 1. The van der Waals surface area contributed by atoms with Gasteiger partial charge in [0.25, 0.3) is 0 Å². The highest BCUT2D eigenvalue weighted by Gasteiger charge is 2.12. The standard InChI is InChI=1S/C11H10ClN3O2/c12-8-3-1-7(2-4-8)6-17-11(16)10-9(13)5-14-15-10/h1-5H,6,13H2,(H,14,15). The first-order valence-corrected chi connectivity index (χ1v) is 5.25. The smallest absolute Gasteiger partial charge is 0.358 e. The van der Waals surface area contributed by atoms with Gasteiger partial charge in [-0.15, -0.1) is 0 Å². The molecule has 0 atom stereocenters. The van der Waals surface area contributed by atoms with Gasteiger partial charge in [-0.25, -0.2) is 4.79 Å². The van der Waals surface area contributed by atoms with E-state index < -0.39 is 5.97 Å². The van der Waals surface area contributed by atoms with Crippen molar-refractivity contribution in [3.05, 3.63) is 46.7 Å². The van der Waals surface area contributed by atoms with E-state index in [0.717, 1.165) is 5.56 Å². The van der Waals surface area contributed by atoms with Crippen molar-refractivity contribution in [2.45, 2.75) is 6.61 Å². The maximum Gasteiger partial charge on any atom is 0.358 e. The summed E-state index contributed by atoms with van der Waals surface area (Å²) < 4.78 is 5.06. The Balaban J connectivity index is 1.97. The Morgan fingerprint density at radius 2 is 2.12 bits per heavy atom. The normalized spacial score (nSPS) is 10.2. The summed E-state index contributed by atoms with van der Waals surface area (Å²) in [6.45, 7) is 0.161. The summed E-state index contributed by atoms with van der Waals surface area (Å²) in [4.78, 5) is 11.6. The summed E-state index contributed by atoms with van der Waals surface area (Å²) in [6, 6.07) is 7.03. The van der Waals surface area contributed by atoms with Gasteiger partial charge in [-0.1, -0.05) is 23.7 Å². The van der Waals surface area contributed by atoms with Crippen LogP contribution in [-0.4, -0.2) is 16.2 Å². The number of nitrogens with one attached hydrogen (secondary N) is 1. The second-order valence-corrected chi connectivity index (χ2v) is 3.84. The van der Waals surface area contributed by atoms with Gasteiger partial charge in [0.15, 0.2) is 5.69 Å². The van der Waals surface area contributed by atoms with Crippen LogP contribution < -0.4 is 5.73 Å². The van der Waals surface area contributed by atoms with E-state index in [0.29, 0.717) is 5.02 Å². The van der Waals surface area contributed by atoms with Crippen LogP contribution in [0.3, 0.4) is 0 Å². The number of ether oxygens (including phenoxy) is 1. The highest BCUT2D eigenvalue weighted by atomic mass is 35.5. The van der Waals surface area contributed by atoms with Crippen molar-refractivity contribution in [3.8, 4) is 0 Å². The second-order valence-electron chi connectivity index (χ2n) is 3.40. The third-order valence-corrected chi connectivity index (χ3v) is 2.41. The van der Waals surface area contributed by atoms with Gasteiger partial charge in [-0.05, 0) is 17.7 Å². The zero-order chi connectivity index (χ0) is 12.3. The van der Waals surface area contributed by atoms with Crippen LogP contribution in [0.15, 0.2) is 30.5 Å². The lowest BCUT2D eigenvalue weighted by Gasteiger charge is -2.04. The fraction of sp³-hybridized carbons (Fsp3) is 0.0909. The number of anilines is 1. The highest BCUT2D eigenvalue weighted by molar-refractivity contribution is 6.30. The van der Waals surface area contributed by atoms with Crippen LogP contribution >= 0.6 is 11.6 Å². The first-order valence-electron chi connectivity index (χ1n) is 4.87. The topological polar surface area (TPSA) is 81.0 Å². The molecule has 0 aliphatic heterocycles. The minimum absolute atomic E-state index is 0.161. The van der Waals surface area contributed by atoms with Crippen molar-refractivity contribution in [3.63, 3.8) is 0 Å². The van der Waals surface area contributed by atoms with E-state index in [1.807, 2.05) is 0 Å². The molecule has 0 bridgehead atoms. The van der Waals surface area contributed by atoms with Crippen LogP contribution in [0.2, 0.25) is 5.02 Å². The number of rotatable bonds is 3. The minimum Gasteiger partial charge on any atom is -0.456 e. The summed E-state index contributed by atoms with van der Waals surface area (Å²) in [7, 11) is 0. The molecule has 1 aromatic carbocycles. The molecule has 0 aliphatic carbocycles. The van der Waals surface area contributed by atoms with Crippen molar-refractivity contribution >= 4 is 23.3 Å². The largest absolute Gasteiger partial charge is 0.456 e. The third-order valence-electron chi connectivity index (χ3n) is 2.16. The van der Waals surface area contributed by atoms with E-state index in [4.69, 9.17) is 22.1 Å². The van der Waals surface area contributed by atoms with Gasteiger partial charge in [-0.2, -0.15) is 5.10 Å². The van der Waals surface area contributed by atoms with Crippen LogP contribution in [0.1, 0.15) is 16.1 Å². The second kappa shape index (κ2) is 4.88. The minimum atomic E-state index is -0.532. The van der Waals surface area contributed by atoms with Gasteiger partial charge in [0.05, 0.1) is 11.9 Å². The van der Waals surface area contributed by atoms with Gasteiger partial charge in [0.1, 0.15) is 6.61 Å². The Labute approximate surface area is 103 Å². The first kappa shape index (κ1) is 11.5. The third kappa shape index (κ3) is 2.76. The predicted molar refractivity (Wildman–Crippen MR) is 63.6 cm³/mol. The molecule has 0 saturated carbocycles. The summed E-state index contributed by atoms with van der Waals surface area (Å²) in [5.74, 6) is -0.532. The SMILES string of the molecule is Nc1cn[nH]c1C(=O)OCc1ccc(Cl)cc1. The maximum atomic E-state index is 11.6. The molecule has 2 rings (SSSR count). The lowest BCUT2D eigenvalue weighted by Crippen LogP contribution is -2.08. The summed E-state index contributed by atoms with van der Waals surface area (Å²) in [6.07, 6.45) is 1.36. The van der Waals surface area contributed by atoms with E-state index in [2.05, 4.69) is 10.2 Å². The van der Waals surface area contributed by atoms with Crippen molar-refractivity contribution in [1.29, 1.82) is 0 Å². The number of nitrogens with zero attached hydrogens (tertiary/aromatic N) is 1. The Morgan fingerprint density at radius 1 is 1.41 bits per heavy atom. The van der Waals surface area contributed by atoms with E-state index in [1.165, 1.54) is 6.20 Å². The highest BCUT2D eigenvalue weighted by Crippen LogP contribution is 2.12. The molecule has 1 aromatic heterocycles. The van der Waals surface area contributed by atoms with E-state index >= 15 is 0 Å². The molecular formula is C11H10ClN3O2. The molecule has 0 radical (unpaired) electrons. The van der Waals surface area contributed by atoms with Gasteiger partial charge in [0.2, 0.25) is 0 Å². The molecular weight excluding hydrogens is 242 g/mol. The first-order chi connectivity index (χ1) is 8.16. The monoisotopic (exact) mass is 251 g/mol. The van der Waals surface area contributed by atoms with Gasteiger partial charge in [0, 0.05) is 5.02 Å². The van der Waals surface area contributed by atoms with E-state index in [1.54, 1.807) is 24.3 Å². The molecule has 88 valence electrons. The molecule has 6 heteroatoms. The summed E-state index contributed by atoms with van der Waals surface area (Å²) in [5.41, 5.74) is 6.80. The predicted octanol–water partition coefficient (Wildman–Crippen LogP) is 2.00. The van der Waals surface area contributed by atoms with Crippen molar-refractivity contribution < 1.29 is 9.53 Å². The zero-order valence-electron chi connectivity index (χ0n) is 8.81. The Morgan fingerprint density at radius 3 is 2.71 bits per heavy atom. The molecule has 5 nitrogen and oxygen atoms in total. The van der Waals surface area contributed by atoms with Crippen LogP contribution in [-0.2, 0) is 11.3 Å². The molecule has 0 spiro atoms. The number of benzene rings is 1. The quantitative estimate of drug-likeness (QED) is 0.818. The Hall–Kier alpha value is -2.01. The number of aromatic amines is 1. The number of carbonyl (C=O) groups excluding carboxylic acids is 1. The summed E-state index contributed by atoms with van der Waals surface area (Å²) >= 11 is 5.74. The lowest BCUT2D eigenvalue weighted by molar-refractivity contribution is 0.0467. The number of hydrogen-bond acceptors (Lipinski definition) is 4. The fourth-order valence-electron chi connectivity index (χ4n) is 1.26. The molecule has 17 heavy (non-hydrogen) atoms. The average Bonchev–Trinajstić information content (AvgIpc) is 2.74. The Bertz CT molecular complexity index is 522. The lowest BCUT2D eigenvalue weighted by atomic mass is 10.2. The number of nitrogens with two attached hydrogens (primary N) is 1. The van der Waals surface area contributed by atoms with Crippen LogP contribution in [0.25, 0.3) is 0 Å². The van der Waals surface area contributed by atoms with Crippen LogP contribution in [0.5, 0.6) is 0 Å². The maximum absolute atomic E-state index is 11.6. The molecule has 0 unspecified atom stereocenters. The van der Waals surface area contributed by atoms with Crippen LogP contribution in [0.4, 0.5) is 5.69 Å². The molecule has 0 fully saturated rings. The van der Waals surface area contributed by atoms with Gasteiger partial charge >= 0.3 is 5.97 Å². The van der Waals surface area contributed by atoms with Crippen molar-refractivity contribution in [2.24, 2.45) is 0 Å².